The third kappa shape index (κ3) is 6.22. The number of hydrogen-bond donors (Lipinski definition) is 2. The van der Waals surface area contributed by atoms with Gasteiger partial charge in [-0.1, -0.05) is 12.5 Å². The van der Waals surface area contributed by atoms with Crippen molar-refractivity contribution >= 4 is 0 Å². The summed E-state index contributed by atoms with van der Waals surface area (Å²) < 4.78 is 11.3. The molecule has 2 aromatic rings. The average molecular weight is 389 g/mol. The molecule has 0 aliphatic carbocycles. The van der Waals surface area contributed by atoms with Crippen molar-refractivity contribution in [2.24, 2.45) is 0 Å². The molecule has 7 heteroatoms. The Bertz CT molecular complexity index is 702. The molecular weight excluding hydrogens is 356 g/mol. The number of aromatic amines is 1. The van der Waals surface area contributed by atoms with Gasteiger partial charge in [-0.25, -0.2) is 4.98 Å². The molecule has 0 saturated carbocycles. The molecule has 2 N–H and O–H groups in total. The summed E-state index contributed by atoms with van der Waals surface area (Å²) in [7, 11) is 3.69. The first-order valence-electron chi connectivity index (χ1n) is 10.0. The second-order valence-electron chi connectivity index (χ2n) is 7.52. The number of imidazole rings is 1. The number of β-amino-alcohol motifs (C(OH)–C–C–N with tert-alkyl or cyclic N) is 1. The molecule has 0 amide bonds. The number of aliphatic hydroxyl groups is 1. The second-order valence-corrected chi connectivity index (χ2v) is 7.52. The van der Waals surface area contributed by atoms with Crippen molar-refractivity contribution in [2.45, 2.75) is 38.5 Å². The molecule has 2 heterocycles. The van der Waals surface area contributed by atoms with Crippen LogP contribution in [-0.2, 0) is 13.1 Å². The lowest BCUT2D eigenvalue weighted by atomic mass is 10.1. The van der Waals surface area contributed by atoms with Crippen LogP contribution in [0.2, 0.25) is 0 Å². The van der Waals surface area contributed by atoms with Gasteiger partial charge in [0.05, 0.1) is 13.7 Å². The Kier molecular flexibility index (Phi) is 7.71. The zero-order valence-corrected chi connectivity index (χ0v) is 16.9. The van der Waals surface area contributed by atoms with E-state index in [0.717, 1.165) is 37.6 Å². The molecule has 1 aromatic carbocycles. The number of benzene rings is 1. The second kappa shape index (κ2) is 10.5. The van der Waals surface area contributed by atoms with E-state index >= 15 is 0 Å². The summed E-state index contributed by atoms with van der Waals surface area (Å²) in [5, 5.41) is 10.4. The number of nitrogens with zero attached hydrogens (tertiary/aromatic N) is 3. The first kappa shape index (κ1) is 20.6. The molecular formula is C21H32N4O3. The van der Waals surface area contributed by atoms with Crippen molar-refractivity contribution in [3.8, 4) is 11.5 Å². The Labute approximate surface area is 167 Å². The number of nitrogens with one attached hydrogen (secondary N) is 1. The summed E-state index contributed by atoms with van der Waals surface area (Å²) in [6.07, 6.45) is 6.81. The van der Waals surface area contributed by atoms with Gasteiger partial charge in [-0.15, -0.1) is 0 Å². The first-order chi connectivity index (χ1) is 13.6. The van der Waals surface area contributed by atoms with Crippen molar-refractivity contribution in [2.75, 3.05) is 40.4 Å². The van der Waals surface area contributed by atoms with Crippen LogP contribution in [0.5, 0.6) is 11.5 Å². The molecule has 1 aliphatic rings. The topological polar surface area (TPSA) is 73.8 Å². The smallest absolute Gasteiger partial charge is 0.161 e. The van der Waals surface area contributed by atoms with Crippen LogP contribution in [0, 0.1) is 0 Å². The van der Waals surface area contributed by atoms with Gasteiger partial charge in [0.1, 0.15) is 18.5 Å². The minimum atomic E-state index is -0.506. The van der Waals surface area contributed by atoms with Gasteiger partial charge >= 0.3 is 0 Å². The molecule has 1 fully saturated rings. The van der Waals surface area contributed by atoms with E-state index < -0.39 is 6.10 Å². The maximum Gasteiger partial charge on any atom is 0.161 e. The molecule has 0 radical (unpaired) electrons. The van der Waals surface area contributed by atoms with E-state index in [1.165, 1.54) is 19.3 Å². The quantitative estimate of drug-likeness (QED) is 0.651. The van der Waals surface area contributed by atoms with Crippen LogP contribution in [0.3, 0.4) is 0 Å². The number of methoxy groups -OCH3 is 1. The van der Waals surface area contributed by atoms with Crippen LogP contribution >= 0.6 is 0 Å². The van der Waals surface area contributed by atoms with Crippen LogP contribution in [0.4, 0.5) is 0 Å². The van der Waals surface area contributed by atoms with Crippen molar-refractivity contribution in [1.29, 1.82) is 0 Å². The van der Waals surface area contributed by atoms with Gasteiger partial charge in [0.15, 0.2) is 11.5 Å². The Balaban J connectivity index is 1.54. The number of aromatic nitrogens is 2. The Hall–Kier alpha value is -2.09. The molecule has 1 saturated heterocycles. The van der Waals surface area contributed by atoms with E-state index in [-0.39, 0.29) is 6.61 Å². The molecule has 1 aromatic heterocycles. The fraction of sp³-hybridized carbons (Fsp3) is 0.571. The highest BCUT2D eigenvalue weighted by molar-refractivity contribution is 5.43. The maximum atomic E-state index is 10.4. The number of aliphatic hydroxyl groups excluding tert-OH is 1. The predicted octanol–water partition coefficient (Wildman–Crippen LogP) is 2.28. The van der Waals surface area contributed by atoms with Gasteiger partial charge in [-0.3, -0.25) is 4.90 Å². The largest absolute Gasteiger partial charge is 0.493 e. The van der Waals surface area contributed by atoms with E-state index in [4.69, 9.17) is 9.47 Å². The van der Waals surface area contributed by atoms with Gasteiger partial charge in [0.2, 0.25) is 0 Å². The molecule has 7 nitrogen and oxygen atoms in total. The first-order valence-corrected chi connectivity index (χ1v) is 10.0. The lowest BCUT2D eigenvalue weighted by molar-refractivity contribution is 0.0608. The van der Waals surface area contributed by atoms with Crippen molar-refractivity contribution in [3.05, 3.63) is 42.0 Å². The monoisotopic (exact) mass is 388 g/mol. The molecule has 1 atom stereocenters. The normalized spacial score (nSPS) is 16.3. The minimum absolute atomic E-state index is 0.262. The van der Waals surface area contributed by atoms with Crippen LogP contribution < -0.4 is 9.47 Å². The standard InChI is InChI=1S/C21H32N4O3/c1-24(15-21-22-8-9-23-21)13-17-6-7-19(27-2)20(12-17)28-16-18(26)14-25-10-4-3-5-11-25/h6-9,12,18,26H,3-5,10-11,13-16H2,1-2H3,(H,22,23)/t18-/m0/s1. The summed E-state index contributed by atoms with van der Waals surface area (Å²) in [4.78, 5) is 11.9. The minimum Gasteiger partial charge on any atom is -0.493 e. The fourth-order valence-electron chi connectivity index (χ4n) is 3.62. The highest BCUT2D eigenvalue weighted by atomic mass is 16.5. The van der Waals surface area contributed by atoms with Crippen molar-refractivity contribution in [1.82, 2.24) is 19.8 Å². The van der Waals surface area contributed by atoms with Crippen molar-refractivity contribution < 1.29 is 14.6 Å². The Morgan fingerprint density at radius 1 is 1.21 bits per heavy atom. The van der Waals surface area contributed by atoms with Crippen LogP contribution in [0.15, 0.2) is 30.6 Å². The van der Waals surface area contributed by atoms with E-state index in [2.05, 4.69) is 26.8 Å². The van der Waals surface area contributed by atoms with E-state index in [0.29, 0.717) is 18.0 Å². The third-order valence-electron chi connectivity index (χ3n) is 5.00. The Morgan fingerprint density at radius 2 is 2.04 bits per heavy atom. The summed E-state index contributed by atoms with van der Waals surface area (Å²) in [6.45, 7) is 4.56. The molecule has 1 aliphatic heterocycles. The van der Waals surface area contributed by atoms with Crippen LogP contribution in [0.1, 0.15) is 30.7 Å². The predicted molar refractivity (Wildman–Crippen MR) is 109 cm³/mol. The van der Waals surface area contributed by atoms with Gasteiger partial charge < -0.3 is 24.5 Å². The number of ether oxygens (including phenoxy) is 2. The summed E-state index contributed by atoms with van der Waals surface area (Å²) in [5.74, 6) is 2.29. The SMILES string of the molecule is COc1ccc(CN(C)Cc2ncc[nH]2)cc1OC[C@@H](O)CN1CCCCC1. The highest BCUT2D eigenvalue weighted by Gasteiger charge is 2.16. The zero-order chi connectivity index (χ0) is 19.8. The number of hydrogen-bond acceptors (Lipinski definition) is 6. The Morgan fingerprint density at radius 3 is 2.75 bits per heavy atom. The third-order valence-corrected chi connectivity index (χ3v) is 5.00. The maximum absolute atomic E-state index is 10.4. The molecule has 28 heavy (non-hydrogen) atoms. The molecule has 0 unspecified atom stereocenters. The van der Waals surface area contributed by atoms with E-state index in [1.54, 1.807) is 13.3 Å². The highest BCUT2D eigenvalue weighted by Crippen LogP contribution is 2.29. The number of rotatable bonds is 10. The van der Waals surface area contributed by atoms with Gasteiger partial charge in [-0.05, 0) is 50.7 Å². The summed E-state index contributed by atoms with van der Waals surface area (Å²) >= 11 is 0. The number of H-pyrrole nitrogens is 1. The lowest BCUT2D eigenvalue weighted by Gasteiger charge is -2.28. The molecule has 0 spiro atoms. The van der Waals surface area contributed by atoms with Gasteiger partial charge in [0, 0.05) is 25.5 Å². The van der Waals surface area contributed by atoms with Gasteiger partial charge in [0.25, 0.3) is 0 Å². The van der Waals surface area contributed by atoms with E-state index in [1.807, 2.05) is 24.4 Å². The van der Waals surface area contributed by atoms with Gasteiger partial charge in [-0.2, -0.15) is 0 Å². The van der Waals surface area contributed by atoms with Crippen LogP contribution in [0.25, 0.3) is 0 Å². The average Bonchev–Trinajstić information content (AvgIpc) is 3.20. The molecule has 3 rings (SSSR count). The van der Waals surface area contributed by atoms with Crippen molar-refractivity contribution in [3.63, 3.8) is 0 Å². The summed E-state index contributed by atoms with van der Waals surface area (Å²) in [6, 6.07) is 5.95. The zero-order valence-electron chi connectivity index (χ0n) is 16.9. The van der Waals surface area contributed by atoms with E-state index in [9.17, 15) is 5.11 Å². The number of piperidine rings is 1. The fourth-order valence-corrected chi connectivity index (χ4v) is 3.62. The lowest BCUT2D eigenvalue weighted by Crippen LogP contribution is -2.38. The number of likely N-dealkylation sites (tertiary alicyclic amines) is 1. The van der Waals surface area contributed by atoms with Crippen LogP contribution in [-0.4, -0.2) is 71.4 Å². The molecule has 0 bridgehead atoms. The summed E-state index contributed by atoms with van der Waals surface area (Å²) in [5.41, 5.74) is 1.12. The molecule has 154 valence electrons.